The number of hydrogen-bond donors (Lipinski definition) is 1. The predicted octanol–water partition coefficient (Wildman–Crippen LogP) is 2.75. The Labute approximate surface area is 125 Å². The van der Waals surface area contributed by atoms with E-state index in [1.807, 2.05) is 41.7 Å². The minimum absolute atomic E-state index is 0.242. The molecule has 3 rings (SSSR count). The Morgan fingerprint density at radius 1 is 1.35 bits per heavy atom. The Kier molecular flexibility index (Phi) is 4.37. The number of nitrogens with two attached hydrogens (primary N) is 1. The van der Waals surface area contributed by atoms with Crippen molar-refractivity contribution in [1.29, 1.82) is 0 Å². The van der Waals surface area contributed by atoms with Crippen molar-refractivity contribution in [2.75, 3.05) is 23.0 Å². The van der Waals surface area contributed by atoms with Gasteiger partial charge in [-0.05, 0) is 12.1 Å². The molecule has 0 saturated carbocycles. The van der Waals surface area contributed by atoms with Crippen LogP contribution >= 0.6 is 23.5 Å². The fourth-order valence-electron chi connectivity index (χ4n) is 1.85. The maximum absolute atomic E-state index is 5.81. The first kappa shape index (κ1) is 13.6. The molecule has 2 N–H and O–H groups in total. The van der Waals surface area contributed by atoms with Crippen LogP contribution in [0.5, 0.6) is 5.75 Å². The second-order valence-electron chi connectivity index (χ2n) is 4.31. The first-order valence-corrected chi connectivity index (χ1v) is 8.52. The van der Waals surface area contributed by atoms with E-state index in [0.717, 1.165) is 17.3 Å². The zero-order valence-corrected chi connectivity index (χ0v) is 12.5. The third-order valence-electron chi connectivity index (χ3n) is 2.86. The van der Waals surface area contributed by atoms with Gasteiger partial charge in [0.25, 0.3) is 5.89 Å². The molecule has 7 heteroatoms. The van der Waals surface area contributed by atoms with Gasteiger partial charge >= 0.3 is 0 Å². The van der Waals surface area contributed by atoms with Crippen molar-refractivity contribution < 1.29 is 9.26 Å². The van der Waals surface area contributed by atoms with Gasteiger partial charge in [0, 0.05) is 17.3 Å². The Bertz CT molecular complexity index is 570. The Morgan fingerprint density at radius 3 is 3.05 bits per heavy atom. The van der Waals surface area contributed by atoms with E-state index in [4.69, 9.17) is 15.0 Å². The van der Waals surface area contributed by atoms with Crippen LogP contribution < -0.4 is 10.5 Å². The van der Waals surface area contributed by atoms with Crippen LogP contribution in [-0.2, 0) is 6.61 Å². The van der Waals surface area contributed by atoms with Crippen LogP contribution in [0.25, 0.3) is 0 Å². The van der Waals surface area contributed by atoms with Crippen LogP contribution in [0.2, 0.25) is 0 Å². The van der Waals surface area contributed by atoms with Gasteiger partial charge in [-0.2, -0.15) is 16.7 Å². The summed E-state index contributed by atoms with van der Waals surface area (Å²) in [4.78, 5) is 4.40. The van der Waals surface area contributed by atoms with E-state index < -0.39 is 0 Å². The highest BCUT2D eigenvalue weighted by Crippen LogP contribution is 2.35. The number of thioether (sulfide) groups is 2. The van der Waals surface area contributed by atoms with Gasteiger partial charge < -0.3 is 15.0 Å². The molecule has 1 aliphatic rings. The summed E-state index contributed by atoms with van der Waals surface area (Å²) >= 11 is 3.81. The molecule has 0 radical (unpaired) electrons. The lowest BCUT2D eigenvalue weighted by atomic mass is 10.3. The maximum Gasteiger partial charge on any atom is 0.264 e. The van der Waals surface area contributed by atoms with Crippen LogP contribution in [-0.4, -0.2) is 27.4 Å². The Morgan fingerprint density at radius 2 is 2.25 bits per heavy atom. The first-order chi connectivity index (χ1) is 9.83. The molecular weight excluding hydrogens is 294 g/mol. The third-order valence-corrected chi connectivity index (χ3v) is 5.61. The average Bonchev–Trinajstić information content (AvgIpc) is 2.96. The number of hydrogen-bond acceptors (Lipinski definition) is 7. The number of aromatic nitrogens is 2. The van der Waals surface area contributed by atoms with Crippen molar-refractivity contribution in [2.45, 2.75) is 11.9 Å². The summed E-state index contributed by atoms with van der Waals surface area (Å²) in [6.07, 6.45) is 0. The first-order valence-electron chi connectivity index (χ1n) is 6.32. The van der Waals surface area contributed by atoms with E-state index in [1.165, 1.54) is 5.75 Å². The zero-order valence-electron chi connectivity index (χ0n) is 10.8. The molecule has 0 spiro atoms. The molecule has 106 valence electrons. The minimum Gasteiger partial charge on any atom is -0.482 e. The second-order valence-corrected chi connectivity index (χ2v) is 6.77. The standard InChI is InChI=1S/C13H15N3O2S2/c14-9-3-1-2-4-10(9)17-7-12-15-13(16-18-12)11-8-19-5-6-20-11/h1-4,11H,5-8,14H2. The smallest absolute Gasteiger partial charge is 0.264 e. The predicted molar refractivity (Wildman–Crippen MR) is 82.0 cm³/mol. The molecular formula is C13H15N3O2S2. The van der Waals surface area contributed by atoms with E-state index in [0.29, 0.717) is 22.6 Å². The molecule has 0 aliphatic carbocycles. The third kappa shape index (κ3) is 3.21. The zero-order chi connectivity index (χ0) is 13.8. The van der Waals surface area contributed by atoms with Gasteiger partial charge in [-0.1, -0.05) is 17.3 Å². The lowest BCUT2D eigenvalue weighted by Gasteiger charge is -2.16. The lowest BCUT2D eigenvalue weighted by Crippen LogP contribution is -2.08. The highest BCUT2D eigenvalue weighted by atomic mass is 32.2. The van der Waals surface area contributed by atoms with Crippen molar-refractivity contribution in [3.8, 4) is 5.75 Å². The number of rotatable bonds is 4. The van der Waals surface area contributed by atoms with Crippen molar-refractivity contribution >= 4 is 29.2 Å². The van der Waals surface area contributed by atoms with E-state index in [1.54, 1.807) is 6.07 Å². The van der Waals surface area contributed by atoms with Crippen molar-refractivity contribution in [1.82, 2.24) is 10.1 Å². The van der Waals surface area contributed by atoms with Crippen molar-refractivity contribution in [3.05, 3.63) is 36.0 Å². The summed E-state index contributed by atoms with van der Waals surface area (Å²) in [7, 11) is 0. The highest BCUT2D eigenvalue weighted by Gasteiger charge is 2.22. The Balaban J connectivity index is 1.61. The fraction of sp³-hybridized carbons (Fsp3) is 0.385. The number of anilines is 1. The van der Waals surface area contributed by atoms with Gasteiger partial charge in [-0.15, -0.1) is 11.8 Å². The number of nitrogens with zero attached hydrogens (tertiary/aromatic N) is 2. The number of benzene rings is 1. The quantitative estimate of drug-likeness (QED) is 0.870. The summed E-state index contributed by atoms with van der Waals surface area (Å²) < 4.78 is 10.8. The Hall–Kier alpha value is -1.34. The van der Waals surface area contributed by atoms with Crippen molar-refractivity contribution in [2.24, 2.45) is 0 Å². The molecule has 1 atom stereocenters. The van der Waals surface area contributed by atoms with Crippen LogP contribution in [0.1, 0.15) is 17.0 Å². The molecule has 1 saturated heterocycles. The minimum atomic E-state index is 0.242. The molecule has 0 bridgehead atoms. The summed E-state index contributed by atoms with van der Waals surface area (Å²) in [5.41, 5.74) is 6.41. The monoisotopic (exact) mass is 309 g/mol. The van der Waals surface area contributed by atoms with Crippen LogP contribution in [0.4, 0.5) is 5.69 Å². The summed E-state index contributed by atoms with van der Waals surface area (Å²) in [6, 6.07) is 7.36. The summed E-state index contributed by atoms with van der Waals surface area (Å²) in [5.74, 6) is 5.25. The maximum atomic E-state index is 5.81. The molecule has 1 aromatic carbocycles. The van der Waals surface area contributed by atoms with Crippen LogP contribution in [0.3, 0.4) is 0 Å². The van der Waals surface area contributed by atoms with Gasteiger partial charge in [0.15, 0.2) is 12.4 Å². The number of para-hydroxylation sites is 2. The molecule has 1 aliphatic heterocycles. The van der Waals surface area contributed by atoms with Gasteiger partial charge in [-0.3, -0.25) is 0 Å². The van der Waals surface area contributed by atoms with E-state index in [2.05, 4.69) is 10.1 Å². The van der Waals surface area contributed by atoms with Crippen LogP contribution in [0, 0.1) is 0 Å². The fourth-order valence-corrected chi connectivity index (χ4v) is 4.43. The van der Waals surface area contributed by atoms with E-state index in [9.17, 15) is 0 Å². The molecule has 20 heavy (non-hydrogen) atoms. The summed E-state index contributed by atoms with van der Waals surface area (Å²) in [5, 5.41) is 4.37. The molecule has 1 aromatic heterocycles. The van der Waals surface area contributed by atoms with Gasteiger partial charge in [0.1, 0.15) is 5.75 Å². The second kappa shape index (κ2) is 6.41. The van der Waals surface area contributed by atoms with Gasteiger partial charge in [0.2, 0.25) is 0 Å². The van der Waals surface area contributed by atoms with E-state index >= 15 is 0 Å². The highest BCUT2D eigenvalue weighted by molar-refractivity contribution is 8.06. The van der Waals surface area contributed by atoms with Crippen LogP contribution in [0.15, 0.2) is 28.8 Å². The molecule has 0 amide bonds. The number of ether oxygens (including phenoxy) is 1. The molecule has 1 unspecified atom stereocenters. The van der Waals surface area contributed by atoms with Gasteiger partial charge in [0.05, 0.1) is 10.9 Å². The lowest BCUT2D eigenvalue weighted by molar-refractivity contribution is 0.243. The normalized spacial score (nSPS) is 18.9. The average molecular weight is 309 g/mol. The molecule has 2 heterocycles. The summed E-state index contributed by atoms with van der Waals surface area (Å²) in [6.45, 7) is 0.242. The molecule has 5 nitrogen and oxygen atoms in total. The molecule has 1 fully saturated rings. The van der Waals surface area contributed by atoms with E-state index in [-0.39, 0.29) is 6.61 Å². The largest absolute Gasteiger partial charge is 0.482 e. The number of nitrogen functional groups attached to an aromatic ring is 1. The topological polar surface area (TPSA) is 74.2 Å². The van der Waals surface area contributed by atoms with Crippen molar-refractivity contribution in [3.63, 3.8) is 0 Å². The molecule has 2 aromatic rings. The van der Waals surface area contributed by atoms with Gasteiger partial charge in [-0.25, -0.2) is 0 Å². The SMILES string of the molecule is Nc1ccccc1OCc1nc(C2CSCCS2)no1.